The number of hydrogen-bond acceptors (Lipinski definition) is 2. The van der Waals surface area contributed by atoms with Crippen LogP contribution in [0.1, 0.15) is 11.1 Å². The van der Waals surface area contributed by atoms with Crippen LogP contribution in [0.2, 0.25) is 0 Å². The number of ether oxygens (including phenoxy) is 1. The van der Waals surface area contributed by atoms with Crippen LogP contribution in [0.25, 0.3) is 0 Å². The first-order valence-corrected chi connectivity index (χ1v) is 7.14. The van der Waals surface area contributed by atoms with E-state index in [1.165, 1.54) is 16.8 Å². The average Bonchev–Trinajstić information content (AvgIpc) is 2.39. The molecule has 0 radical (unpaired) electrons. The molecule has 3 heteroatoms. The van der Waals surface area contributed by atoms with Gasteiger partial charge in [0.15, 0.2) is 0 Å². The smallest absolute Gasteiger partial charge is 0.119 e. The summed E-state index contributed by atoms with van der Waals surface area (Å²) in [6.07, 6.45) is 0. The Morgan fingerprint density at radius 3 is 2.47 bits per heavy atom. The highest BCUT2D eigenvalue weighted by molar-refractivity contribution is 9.10. The predicted molar refractivity (Wildman–Crippen MR) is 84.0 cm³/mol. The zero-order valence-corrected chi connectivity index (χ0v) is 12.8. The van der Waals surface area contributed by atoms with Gasteiger partial charge in [-0.25, -0.2) is 0 Å². The van der Waals surface area contributed by atoms with Crippen LogP contribution in [-0.2, 0) is 0 Å². The molecule has 0 saturated carbocycles. The lowest BCUT2D eigenvalue weighted by molar-refractivity contribution is 0.333. The molecule has 0 bridgehead atoms. The van der Waals surface area contributed by atoms with Gasteiger partial charge in [0.1, 0.15) is 12.4 Å². The normalized spacial score (nSPS) is 10.3. The van der Waals surface area contributed by atoms with Crippen molar-refractivity contribution in [2.75, 3.05) is 18.5 Å². The lowest BCUT2D eigenvalue weighted by Crippen LogP contribution is -2.12. The van der Waals surface area contributed by atoms with E-state index < -0.39 is 0 Å². The maximum absolute atomic E-state index is 5.66. The van der Waals surface area contributed by atoms with Crippen LogP contribution < -0.4 is 10.1 Å². The van der Waals surface area contributed by atoms with Gasteiger partial charge in [0, 0.05) is 16.7 Å². The molecular formula is C16H18BrNO. The third kappa shape index (κ3) is 4.28. The quantitative estimate of drug-likeness (QED) is 0.816. The second-order valence-corrected chi connectivity index (χ2v) is 5.46. The summed E-state index contributed by atoms with van der Waals surface area (Å²) in [7, 11) is 0. The van der Waals surface area contributed by atoms with E-state index in [-0.39, 0.29) is 0 Å². The van der Waals surface area contributed by atoms with Gasteiger partial charge in [-0.3, -0.25) is 0 Å². The van der Waals surface area contributed by atoms with Crippen molar-refractivity contribution in [2.45, 2.75) is 13.8 Å². The molecule has 2 aromatic rings. The van der Waals surface area contributed by atoms with Gasteiger partial charge in [-0.15, -0.1) is 0 Å². The van der Waals surface area contributed by atoms with Crippen LogP contribution in [0.3, 0.4) is 0 Å². The Balaban J connectivity index is 1.79. The largest absolute Gasteiger partial charge is 0.492 e. The van der Waals surface area contributed by atoms with Gasteiger partial charge >= 0.3 is 0 Å². The number of anilines is 1. The molecule has 100 valence electrons. The fourth-order valence-electron chi connectivity index (χ4n) is 1.90. The minimum atomic E-state index is 0.648. The van der Waals surface area contributed by atoms with Crippen molar-refractivity contribution in [2.24, 2.45) is 0 Å². The van der Waals surface area contributed by atoms with E-state index in [9.17, 15) is 0 Å². The van der Waals surface area contributed by atoms with Crippen molar-refractivity contribution in [3.8, 4) is 5.75 Å². The summed E-state index contributed by atoms with van der Waals surface area (Å²) in [4.78, 5) is 0. The van der Waals surface area contributed by atoms with E-state index in [4.69, 9.17) is 4.74 Å². The molecule has 19 heavy (non-hydrogen) atoms. The van der Waals surface area contributed by atoms with Gasteiger partial charge in [-0.1, -0.05) is 33.6 Å². The van der Waals surface area contributed by atoms with Crippen LogP contribution in [-0.4, -0.2) is 13.2 Å². The van der Waals surface area contributed by atoms with E-state index in [1.807, 2.05) is 24.3 Å². The Morgan fingerprint density at radius 2 is 1.79 bits per heavy atom. The molecule has 0 aromatic heterocycles. The monoisotopic (exact) mass is 319 g/mol. The fourth-order valence-corrected chi connectivity index (χ4v) is 2.16. The Bertz CT molecular complexity index is 537. The first kappa shape index (κ1) is 13.9. The SMILES string of the molecule is Cc1ccc(NCCOc2ccc(Br)cc2)c(C)c1. The Kier molecular flexibility index (Phi) is 4.86. The van der Waals surface area contributed by atoms with E-state index >= 15 is 0 Å². The molecule has 2 rings (SSSR count). The summed E-state index contributed by atoms with van der Waals surface area (Å²) < 4.78 is 6.73. The number of rotatable bonds is 5. The second kappa shape index (κ2) is 6.62. The molecule has 2 aromatic carbocycles. The van der Waals surface area contributed by atoms with E-state index in [0.29, 0.717) is 6.61 Å². The fraction of sp³-hybridized carbons (Fsp3) is 0.250. The number of aryl methyl sites for hydroxylation is 2. The van der Waals surface area contributed by atoms with Gasteiger partial charge in [0.25, 0.3) is 0 Å². The van der Waals surface area contributed by atoms with Crippen molar-refractivity contribution >= 4 is 21.6 Å². The molecule has 1 N–H and O–H groups in total. The van der Waals surface area contributed by atoms with Gasteiger partial charge in [-0.2, -0.15) is 0 Å². The molecule has 0 saturated heterocycles. The number of hydrogen-bond donors (Lipinski definition) is 1. The lowest BCUT2D eigenvalue weighted by atomic mass is 10.1. The average molecular weight is 320 g/mol. The maximum atomic E-state index is 5.66. The summed E-state index contributed by atoms with van der Waals surface area (Å²) in [6.45, 7) is 5.66. The molecule has 0 aliphatic carbocycles. The molecule has 0 unspecified atom stereocenters. The maximum Gasteiger partial charge on any atom is 0.119 e. The molecule has 0 aliphatic rings. The Hall–Kier alpha value is -1.48. The highest BCUT2D eigenvalue weighted by Gasteiger charge is 1.98. The first-order chi connectivity index (χ1) is 9.15. The summed E-state index contributed by atoms with van der Waals surface area (Å²) in [5, 5.41) is 3.39. The van der Waals surface area contributed by atoms with Crippen LogP contribution in [0.5, 0.6) is 5.75 Å². The third-order valence-corrected chi connectivity index (χ3v) is 3.41. The van der Waals surface area contributed by atoms with Crippen molar-refractivity contribution in [3.05, 3.63) is 58.1 Å². The molecule has 0 heterocycles. The molecule has 0 aliphatic heterocycles. The zero-order valence-electron chi connectivity index (χ0n) is 11.2. The van der Waals surface area contributed by atoms with Crippen LogP contribution >= 0.6 is 15.9 Å². The number of benzene rings is 2. The van der Waals surface area contributed by atoms with Crippen molar-refractivity contribution in [3.63, 3.8) is 0 Å². The highest BCUT2D eigenvalue weighted by Crippen LogP contribution is 2.17. The number of halogens is 1. The van der Waals surface area contributed by atoms with Gasteiger partial charge in [0.2, 0.25) is 0 Å². The topological polar surface area (TPSA) is 21.3 Å². The molecule has 2 nitrogen and oxygen atoms in total. The first-order valence-electron chi connectivity index (χ1n) is 6.34. The van der Waals surface area contributed by atoms with Crippen molar-refractivity contribution in [1.82, 2.24) is 0 Å². The minimum absolute atomic E-state index is 0.648. The lowest BCUT2D eigenvalue weighted by Gasteiger charge is -2.11. The van der Waals surface area contributed by atoms with Gasteiger partial charge in [-0.05, 0) is 49.7 Å². The van der Waals surface area contributed by atoms with E-state index in [2.05, 4.69) is 53.3 Å². The predicted octanol–water partition coefficient (Wildman–Crippen LogP) is 4.56. The van der Waals surface area contributed by atoms with Crippen LogP contribution in [0.15, 0.2) is 46.9 Å². The molecular weight excluding hydrogens is 302 g/mol. The summed E-state index contributed by atoms with van der Waals surface area (Å²) in [5.41, 5.74) is 3.72. The van der Waals surface area contributed by atoms with Crippen LogP contribution in [0, 0.1) is 13.8 Å². The second-order valence-electron chi connectivity index (χ2n) is 4.55. The molecule has 0 fully saturated rings. The summed E-state index contributed by atoms with van der Waals surface area (Å²) in [6, 6.07) is 14.3. The zero-order chi connectivity index (χ0) is 13.7. The molecule has 0 atom stereocenters. The summed E-state index contributed by atoms with van der Waals surface area (Å²) >= 11 is 3.40. The molecule has 0 amide bonds. The highest BCUT2D eigenvalue weighted by atomic mass is 79.9. The van der Waals surface area contributed by atoms with Gasteiger partial charge < -0.3 is 10.1 Å². The summed E-state index contributed by atoms with van der Waals surface area (Å²) in [5.74, 6) is 0.894. The van der Waals surface area contributed by atoms with Crippen LogP contribution in [0.4, 0.5) is 5.69 Å². The molecule has 0 spiro atoms. The number of nitrogens with one attached hydrogen (secondary N) is 1. The Labute approximate surface area is 122 Å². The van der Waals surface area contributed by atoms with Gasteiger partial charge in [0.05, 0.1) is 0 Å². The standard InChI is InChI=1S/C16H18BrNO/c1-12-3-8-16(13(2)11-12)18-9-10-19-15-6-4-14(17)5-7-15/h3-8,11,18H,9-10H2,1-2H3. The third-order valence-electron chi connectivity index (χ3n) is 2.88. The van der Waals surface area contributed by atoms with Crippen molar-refractivity contribution < 1.29 is 4.74 Å². The Morgan fingerprint density at radius 1 is 1.05 bits per heavy atom. The van der Waals surface area contributed by atoms with E-state index in [1.54, 1.807) is 0 Å². The van der Waals surface area contributed by atoms with E-state index in [0.717, 1.165) is 16.8 Å². The van der Waals surface area contributed by atoms with Crippen molar-refractivity contribution in [1.29, 1.82) is 0 Å². The minimum Gasteiger partial charge on any atom is -0.492 e.